The smallest absolute Gasteiger partial charge is 0.322 e. The average molecular weight is 264 g/mol. The minimum absolute atomic E-state index is 0.0700. The molecule has 0 heterocycles. The Bertz CT molecular complexity index is 438. The highest BCUT2D eigenvalue weighted by Gasteiger charge is 2.26. The van der Waals surface area contributed by atoms with E-state index in [2.05, 4.69) is 5.32 Å². The number of carboxylic acid groups (broad SMARTS) is 1. The molecule has 0 spiro atoms. The van der Waals surface area contributed by atoms with Gasteiger partial charge in [-0.2, -0.15) is 0 Å². The molecule has 0 fully saturated rings. The number of para-hydroxylation sites is 1. The fourth-order valence-electron chi connectivity index (χ4n) is 1.66. The van der Waals surface area contributed by atoms with E-state index in [4.69, 9.17) is 5.11 Å². The van der Waals surface area contributed by atoms with Crippen molar-refractivity contribution in [3.8, 4) is 0 Å². The second-order valence-corrected chi connectivity index (χ2v) is 5.26. The summed E-state index contributed by atoms with van der Waals surface area (Å²) in [5, 5.41) is 11.5. The van der Waals surface area contributed by atoms with Gasteiger partial charge in [0.05, 0.1) is 6.42 Å². The molecule has 5 nitrogen and oxygen atoms in total. The lowest BCUT2D eigenvalue weighted by atomic mass is 10.1. The first-order valence-electron chi connectivity index (χ1n) is 6.16. The number of aliphatic carboxylic acids is 1. The molecule has 2 N–H and O–H groups in total. The summed E-state index contributed by atoms with van der Waals surface area (Å²) in [5.41, 5.74) is 0.256. The number of hydrogen-bond acceptors (Lipinski definition) is 2. The lowest BCUT2D eigenvalue weighted by molar-refractivity contribution is -0.137. The van der Waals surface area contributed by atoms with Crippen molar-refractivity contribution < 1.29 is 14.7 Å². The van der Waals surface area contributed by atoms with Gasteiger partial charge in [-0.3, -0.25) is 4.79 Å². The fourth-order valence-corrected chi connectivity index (χ4v) is 1.66. The first-order chi connectivity index (χ1) is 8.80. The maximum Gasteiger partial charge on any atom is 0.322 e. The molecule has 0 bridgehead atoms. The van der Waals surface area contributed by atoms with Crippen molar-refractivity contribution in [2.75, 3.05) is 11.9 Å². The van der Waals surface area contributed by atoms with E-state index in [0.717, 1.165) is 0 Å². The van der Waals surface area contributed by atoms with Gasteiger partial charge in [-0.05, 0) is 32.9 Å². The summed E-state index contributed by atoms with van der Waals surface area (Å²) in [6.07, 6.45) is -0.0700. The molecule has 0 unspecified atom stereocenters. The number of carbonyl (C=O) groups is 2. The van der Waals surface area contributed by atoms with Crippen molar-refractivity contribution in [1.29, 1.82) is 0 Å². The van der Waals surface area contributed by atoms with Gasteiger partial charge in [0.15, 0.2) is 0 Å². The second-order valence-electron chi connectivity index (χ2n) is 5.26. The molecule has 0 radical (unpaired) electrons. The van der Waals surface area contributed by atoms with Crippen molar-refractivity contribution in [3.63, 3.8) is 0 Å². The summed E-state index contributed by atoms with van der Waals surface area (Å²) >= 11 is 0. The quantitative estimate of drug-likeness (QED) is 0.878. The molecular formula is C14H20N2O3. The highest BCUT2D eigenvalue weighted by molar-refractivity contribution is 5.90. The zero-order valence-electron chi connectivity index (χ0n) is 11.5. The first kappa shape index (κ1) is 15.0. The molecule has 2 amide bonds. The SMILES string of the molecule is CC(C)(C)N(CCC(=O)O)C(=O)Nc1ccccc1. The van der Waals surface area contributed by atoms with Gasteiger partial charge < -0.3 is 15.3 Å². The van der Waals surface area contributed by atoms with Crippen LogP contribution in [0.15, 0.2) is 30.3 Å². The lowest BCUT2D eigenvalue weighted by Gasteiger charge is -2.35. The normalized spacial score (nSPS) is 10.9. The Morgan fingerprint density at radius 2 is 1.79 bits per heavy atom. The van der Waals surface area contributed by atoms with Gasteiger partial charge in [0, 0.05) is 17.8 Å². The third kappa shape index (κ3) is 4.99. The third-order valence-corrected chi connectivity index (χ3v) is 2.63. The second kappa shape index (κ2) is 6.22. The number of rotatable bonds is 4. The highest BCUT2D eigenvalue weighted by Crippen LogP contribution is 2.16. The van der Waals surface area contributed by atoms with Crippen LogP contribution in [-0.2, 0) is 4.79 Å². The van der Waals surface area contributed by atoms with Crippen molar-refractivity contribution >= 4 is 17.7 Å². The van der Waals surface area contributed by atoms with Gasteiger partial charge >= 0.3 is 12.0 Å². The van der Waals surface area contributed by atoms with Crippen LogP contribution >= 0.6 is 0 Å². The number of hydrogen-bond donors (Lipinski definition) is 2. The van der Waals surface area contributed by atoms with Gasteiger partial charge in [0.25, 0.3) is 0 Å². The maximum atomic E-state index is 12.2. The van der Waals surface area contributed by atoms with Crippen LogP contribution in [0, 0.1) is 0 Å². The minimum atomic E-state index is -0.915. The molecule has 1 aromatic rings. The molecular weight excluding hydrogens is 244 g/mol. The van der Waals surface area contributed by atoms with Crippen LogP contribution in [0.3, 0.4) is 0 Å². The molecule has 0 aromatic heterocycles. The van der Waals surface area contributed by atoms with Crippen molar-refractivity contribution in [3.05, 3.63) is 30.3 Å². The molecule has 104 valence electrons. The van der Waals surface area contributed by atoms with E-state index in [1.807, 2.05) is 39.0 Å². The van der Waals surface area contributed by atoms with Gasteiger partial charge in [-0.1, -0.05) is 18.2 Å². The van der Waals surface area contributed by atoms with E-state index in [0.29, 0.717) is 5.69 Å². The van der Waals surface area contributed by atoms with E-state index >= 15 is 0 Å². The van der Waals surface area contributed by atoms with Crippen LogP contribution < -0.4 is 5.32 Å². The predicted molar refractivity (Wildman–Crippen MR) is 74.2 cm³/mol. The van der Waals surface area contributed by atoms with E-state index in [1.165, 1.54) is 4.90 Å². The Morgan fingerprint density at radius 1 is 1.21 bits per heavy atom. The zero-order valence-corrected chi connectivity index (χ0v) is 11.5. The van der Waals surface area contributed by atoms with E-state index in [9.17, 15) is 9.59 Å². The molecule has 0 atom stereocenters. The first-order valence-corrected chi connectivity index (χ1v) is 6.16. The number of benzene rings is 1. The predicted octanol–water partition coefficient (Wildman–Crippen LogP) is 2.79. The summed E-state index contributed by atoms with van der Waals surface area (Å²) in [5.74, 6) is -0.915. The molecule has 0 saturated heterocycles. The topological polar surface area (TPSA) is 69.6 Å². The van der Waals surface area contributed by atoms with Crippen molar-refractivity contribution in [2.24, 2.45) is 0 Å². The number of urea groups is 1. The Kier molecular flexibility index (Phi) is 4.92. The summed E-state index contributed by atoms with van der Waals surface area (Å²) in [6, 6.07) is 8.80. The molecule has 0 aliphatic rings. The summed E-state index contributed by atoms with van der Waals surface area (Å²) in [6.45, 7) is 5.80. The van der Waals surface area contributed by atoms with Crippen molar-refractivity contribution in [1.82, 2.24) is 4.90 Å². The van der Waals surface area contributed by atoms with Crippen molar-refractivity contribution in [2.45, 2.75) is 32.7 Å². The largest absolute Gasteiger partial charge is 0.481 e. The Balaban J connectivity index is 2.74. The van der Waals surface area contributed by atoms with Crippen LogP contribution in [0.4, 0.5) is 10.5 Å². The van der Waals surface area contributed by atoms with E-state index < -0.39 is 11.5 Å². The highest BCUT2D eigenvalue weighted by atomic mass is 16.4. The summed E-state index contributed by atoms with van der Waals surface area (Å²) in [4.78, 5) is 24.4. The van der Waals surface area contributed by atoms with Crippen LogP contribution in [0.5, 0.6) is 0 Å². The van der Waals surface area contributed by atoms with Crippen LogP contribution in [0.25, 0.3) is 0 Å². The Hall–Kier alpha value is -2.04. The molecule has 19 heavy (non-hydrogen) atoms. The van der Waals surface area contributed by atoms with E-state index in [1.54, 1.807) is 12.1 Å². The van der Waals surface area contributed by atoms with Crippen LogP contribution in [0.1, 0.15) is 27.2 Å². The number of nitrogens with zero attached hydrogens (tertiary/aromatic N) is 1. The molecule has 1 rings (SSSR count). The Morgan fingerprint density at radius 3 is 2.26 bits per heavy atom. The Labute approximate surface area is 113 Å². The maximum absolute atomic E-state index is 12.2. The number of carboxylic acids is 1. The molecule has 5 heteroatoms. The minimum Gasteiger partial charge on any atom is -0.481 e. The number of carbonyl (C=O) groups excluding carboxylic acids is 1. The summed E-state index contributed by atoms with van der Waals surface area (Å²) in [7, 11) is 0. The molecule has 0 aliphatic carbocycles. The van der Waals surface area contributed by atoms with Gasteiger partial charge in [0.2, 0.25) is 0 Å². The summed E-state index contributed by atoms with van der Waals surface area (Å²) < 4.78 is 0. The molecule has 0 aliphatic heterocycles. The standard InChI is InChI=1S/C14H20N2O3/c1-14(2,3)16(10-9-12(17)18)13(19)15-11-7-5-4-6-8-11/h4-8H,9-10H2,1-3H3,(H,15,19)(H,17,18). The zero-order chi connectivity index (χ0) is 14.5. The monoisotopic (exact) mass is 264 g/mol. The van der Waals surface area contributed by atoms with Gasteiger partial charge in [-0.15, -0.1) is 0 Å². The van der Waals surface area contributed by atoms with E-state index in [-0.39, 0.29) is 19.0 Å². The lowest BCUT2D eigenvalue weighted by Crippen LogP contribution is -2.48. The number of amides is 2. The van der Waals surface area contributed by atoms with Gasteiger partial charge in [-0.25, -0.2) is 4.79 Å². The molecule has 0 saturated carbocycles. The van der Waals surface area contributed by atoms with Crippen LogP contribution in [0.2, 0.25) is 0 Å². The fraction of sp³-hybridized carbons (Fsp3) is 0.429. The number of anilines is 1. The average Bonchev–Trinajstić information content (AvgIpc) is 2.28. The third-order valence-electron chi connectivity index (χ3n) is 2.63. The van der Waals surface area contributed by atoms with Crippen LogP contribution in [-0.4, -0.2) is 34.1 Å². The number of nitrogens with one attached hydrogen (secondary N) is 1. The molecule has 1 aromatic carbocycles. The van der Waals surface area contributed by atoms with Gasteiger partial charge in [0.1, 0.15) is 0 Å².